The second-order valence-corrected chi connectivity index (χ2v) is 8.05. The van der Waals surface area contributed by atoms with E-state index in [4.69, 9.17) is 9.47 Å². The lowest BCUT2D eigenvalue weighted by Gasteiger charge is -2.12. The van der Waals surface area contributed by atoms with Crippen LogP contribution >= 0.6 is 0 Å². The number of carbonyl (C=O) groups is 1. The monoisotopic (exact) mass is 435 g/mol. The molecule has 1 aromatic heterocycles. The molecule has 1 aliphatic rings. The molecule has 2 heterocycles. The van der Waals surface area contributed by atoms with E-state index >= 15 is 0 Å². The predicted octanol–water partition coefficient (Wildman–Crippen LogP) is 4.11. The van der Waals surface area contributed by atoms with Gasteiger partial charge in [0.15, 0.2) is 5.82 Å². The largest absolute Gasteiger partial charge is 0.376 e. The van der Waals surface area contributed by atoms with E-state index in [1.807, 2.05) is 56.3 Å². The molecule has 8 nitrogen and oxygen atoms in total. The number of benzene rings is 2. The third kappa shape index (κ3) is 5.93. The van der Waals surface area contributed by atoms with E-state index in [9.17, 15) is 4.79 Å². The number of aromatic amines is 1. The van der Waals surface area contributed by atoms with Gasteiger partial charge in [0.25, 0.3) is 0 Å². The maximum absolute atomic E-state index is 12.5. The number of hydrogen-bond acceptors (Lipinski definition) is 5. The number of nitrogens with one attached hydrogen (secondary N) is 3. The van der Waals surface area contributed by atoms with Gasteiger partial charge in [-0.3, -0.25) is 5.10 Å². The summed E-state index contributed by atoms with van der Waals surface area (Å²) < 4.78 is 11.4. The minimum atomic E-state index is -0.267. The van der Waals surface area contributed by atoms with Crippen LogP contribution in [0.25, 0.3) is 11.4 Å². The lowest BCUT2D eigenvalue weighted by atomic mass is 10.1. The summed E-state index contributed by atoms with van der Waals surface area (Å²) in [5.41, 5.74) is 4.61. The van der Waals surface area contributed by atoms with Crippen molar-refractivity contribution in [1.82, 2.24) is 20.5 Å². The molecule has 0 aliphatic carbocycles. The van der Waals surface area contributed by atoms with Gasteiger partial charge in [-0.15, -0.1) is 0 Å². The second-order valence-electron chi connectivity index (χ2n) is 8.05. The average Bonchev–Trinajstić information content (AvgIpc) is 3.46. The lowest BCUT2D eigenvalue weighted by Crippen LogP contribution is -2.28. The first-order valence-corrected chi connectivity index (χ1v) is 10.9. The van der Waals surface area contributed by atoms with Crippen molar-refractivity contribution in [3.8, 4) is 11.4 Å². The number of anilines is 1. The van der Waals surface area contributed by atoms with Crippen molar-refractivity contribution < 1.29 is 14.3 Å². The molecule has 3 aromatic rings. The smallest absolute Gasteiger partial charge is 0.319 e. The molecule has 0 radical (unpaired) electrons. The minimum absolute atomic E-state index is 0.221. The zero-order valence-electron chi connectivity index (χ0n) is 18.5. The van der Waals surface area contributed by atoms with E-state index in [-0.39, 0.29) is 12.1 Å². The van der Waals surface area contributed by atoms with E-state index in [0.29, 0.717) is 25.6 Å². The van der Waals surface area contributed by atoms with Gasteiger partial charge >= 0.3 is 6.03 Å². The van der Waals surface area contributed by atoms with Crippen molar-refractivity contribution in [3.05, 3.63) is 65.0 Å². The molecule has 1 aliphatic heterocycles. The Kier molecular flexibility index (Phi) is 7.14. The highest BCUT2D eigenvalue weighted by atomic mass is 16.5. The van der Waals surface area contributed by atoms with Gasteiger partial charge < -0.3 is 20.1 Å². The number of nitrogens with zero attached hydrogens (tertiary/aromatic N) is 2. The van der Waals surface area contributed by atoms with E-state index in [2.05, 4.69) is 25.8 Å². The standard InChI is InChI=1S/C24H29N5O3/c1-16-8-9-20(23-26-17(2)28-29-23)12-22(16)27-24(30)25-13-18-5-3-6-19(11-18)14-31-15-21-7-4-10-32-21/h3,5-6,8-9,11-12,21H,4,7,10,13-15H2,1-2H3,(H2,25,27,30)(H,26,28,29). The van der Waals surface area contributed by atoms with Gasteiger partial charge in [0.2, 0.25) is 0 Å². The van der Waals surface area contributed by atoms with Gasteiger partial charge in [-0.1, -0.05) is 36.4 Å². The summed E-state index contributed by atoms with van der Waals surface area (Å²) in [6.45, 7) is 6.21. The highest BCUT2D eigenvalue weighted by Crippen LogP contribution is 2.23. The maximum Gasteiger partial charge on any atom is 0.319 e. The van der Waals surface area contributed by atoms with Crippen molar-refractivity contribution in [2.45, 2.75) is 45.9 Å². The molecule has 32 heavy (non-hydrogen) atoms. The fraction of sp³-hybridized carbons (Fsp3) is 0.375. The molecule has 8 heteroatoms. The number of carbonyl (C=O) groups excluding carboxylic acids is 1. The lowest BCUT2D eigenvalue weighted by molar-refractivity contribution is 0.0106. The normalized spacial score (nSPS) is 15.6. The van der Waals surface area contributed by atoms with Gasteiger partial charge in [-0.25, -0.2) is 9.78 Å². The molecular weight excluding hydrogens is 406 g/mol. The first kappa shape index (κ1) is 22.0. The van der Waals surface area contributed by atoms with Crippen molar-refractivity contribution in [1.29, 1.82) is 0 Å². The maximum atomic E-state index is 12.5. The van der Waals surface area contributed by atoms with Gasteiger partial charge in [-0.05, 0) is 49.4 Å². The third-order valence-corrected chi connectivity index (χ3v) is 5.38. The molecule has 4 rings (SSSR count). The first-order chi connectivity index (χ1) is 15.6. The topological polar surface area (TPSA) is 101 Å². The van der Waals surface area contributed by atoms with Crippen LogP contribution in [0.15, 0.2) is 42.5 Å². The number of ether oxygens (including phenoxy) is 2. The number of urea groups is 1. The number of aryl methyl sites for hydroxylation is 2. The van der Waals surface area contributed by atoms with Crippen LogP contribution in [0.4, 0.5) is 10.5 Å². The van der Waals surface area contributed by atoms with Gasteiger partial charge in [0.05, 0.1) is 19.3 Å². The van der Waals surface area contributed by atoms with Crippen molar-refractivity contribution in [2.75, 3.05) is 18.5 Å². The predicted molar refractivity (Wildman–Crippen MR) is 122 cm³/mol. The molecule has 1 saturated heterocycles. The summed E-state index contributed by atoms with van der Waals surface area (Å²) in [5, 5.41) is 12.9. The summed E-state index contributed by atoms with van der Waals surface area (Å²) in [4.78, 5) is 16.8. The SMILES string of the molecule is Cc1nc(-c2ccc(C)c(NC(=O)NCc3cccc(COCC4CCCO4)c3)c2)n[nH]1. The average molecular weight is 436 g/mol. The van der Waals surface area contributed by atoms with Crippen molar-refractivity contribution >= 4 is 11.7 Å². The molecule has 2 amide bonds. The quantitative estimate of drug-likeness (QED) is 0.494. The number of H-pyrrole nitrogens is 1. The van der Waals surface area contributed by atoms with Crippen LogP contribution in [-0.4, -0.2) is 40.5 Å². The zero-order valence-corrected chi connectivity index (χ0v) is 18.5. The first-order valence-electron chi connectivity index (χ1n) is 10.9. The molecular formula is C24H29N5O3. The van der Waals surface area contributed by atoms with Gasteiger partial charge in [0.1, 0.15) is 5.82 Å². The van der Waals surface area contributed by atoms with Gasteiger partial charge in [0, 0.05) is 24.4 Å². The molecule has 0 saturated carbocycles. The van der Waals surface area contributed by atoms with Crippen LogP contribution in [0.1, 0.15) is 35.4 Å². The van der Waals surface area contributed by atoms with Crippen LogP contribution < -0.4 is 10.6 Å². The van der Waals surface area contributed by atoms with E-state index in [1.54, 1.807) is 0 Å². The Balaban J connectivity index is 1.29. The van der Waals surface area contributed by atoms with Gasteiger partial charge in [-0.2, -0.15) is 5.10 Å². The van der Waals surface area contributed by atoms with Crippen molar-refractivity contribution in [2.24, 2.45) is 0 Å². The molecule has 3 N–H and O–H groups in total. The Hall–Kier alpha value is -3.23. The van der Waals surface area contributed by atoms with E-state index in [1.165, 1.54) is 0 Å². The van der Waals surface area contributed by atoms with Crippen LogP contribution in [0.2, 0.25) is 0 Å². The van der Waals surface area contributed by atoms with Crippen LogP contribution in [0.5, 0.6) is 0 Å². The summed E-state index contributed by atoms with van der Waals surface area (Å²) in [6, 6.07) is 13.5. The number of amides is 2. The fourth-order valence-electron chi connectivity index (χ4n) is 3.63. The molecule has 168 valence electrons. The summed E-state index contributed by atoms with van der Waals surface area (Å²) in [7, 11) is 0. The van der Waals surface area contributed by atoms with E-state index in [0.717, 1.165) is 53.2 Å². The molecule has 1 unspecified atom stereocenters. The molecule has 2 aromatic carbocycles. The minimum Gasteiger partial charge on any atom is -0.376 e. The Labute approximate surface area is 187 Å². The second kappa shape index (κ2) is 10.4. The number of hydrogen-bond donors (Lipinski definition) is 3. The number of rotatable bonds is 8. The Morgan fingerprint density at radius 2 is 2.09 bits per heavy atom. The third-order valence-electron chi connectivity index (χ3n) is 5.38. The van der Waals surface area contributed by atoms with Crippen molar-refractivity contribution in [3.63, 3.8) is 0 Å². The summed E-state index contributed by atoms with van der Waals surface area (Å²) >= 11 is 0. The molecule has 1 fully saturated rings. The zero-order chi connectivity index (χ0) is 22.3. The molecule has 0 spiro atoms. The Morgan fingerprint density at radius 1 is 1.22 bits per heavy atom. The summed E-state index contributed by atoms with van der Waals surface area (Å²) in [6.07, 6.45) is 2.40. The highest BCUT2D eigenvalue weighted by molar-refractivity contribution is 5.90. The Bertz CT molecular complexity index is 1060. The molecule has 1 atom stereocenters. The fourth-order valence-corrected chi connectivity index (χ4v) is 3.63. The van der Waals surface area contributed by atoms with Crippen LogP contribution in [0, 0.1) is 13.8 Å². The number of aromatic nitrogens is 3. The van der Waals surface area contributed by atoms with E-state index < -0.39 is 0 Å². The highest BCUT2D eigenvalue weighted by Gasteiger charge is 2.15. The molecule has 0 bridgehead atoms. The summed E-state index contributed by atoms with van der Waals surface area (Å²) in [5.74, 6) is 1.34. The Morgan fingerprint density at radius 3 is 2.88 bits per heavy atom. The van der Waals surface area contributed by atoms with Crippen LogP contribution in [-0.2, 0) is 22.6 Å². The van der Waals surface area contributed by atoms with Crippen LogP contribution in [0.3, 0.4) is 0 Å².